The maximum atomic E-state index is 12.7. The predicted octanol–water partition coefficient (Wildman–Crippen LogP) is 3.75. The van der Waals surface area contributed by atoms with Crippen LogP contribution in [0, 0.1) is 5.92 Å². The van der Waals surface area contributed by atoms with Gasteiger partial charge in [-0.25, -0.2) is 0 Å². The van der Waals surface area contributed by atoms with Crippen LogP contribution in [0.1, 0.15) is 30.9 Å². The summed E-state index contributed by atoms with van der Waals surface area (Å²) in [5.74, 6) is 0.569. The molecule has 0 radical (unpaired) electrons. The van der Waals surface area contributed by atoms with E-state index in [1.807, 2.05) is 55.6 Å². The minimum Gasteiger partial charge on any atom is -0.483 e. The number of para-hydroxylation sites is 1. The number of aryl methyl sites for hydroxylation is 1. The summed E-state index contributed by atoms with van der Waals surface area (Å²) in [7, 11) is 0. The summed E-state index contributed by atoms with van der Waals surface area (Å²) in [6.07, 6.45) is 5.52. The van der Waals surface area contributed by atoms with Crippen molar-refractivity contribution in [2.75, 3.05) is 25.0 Å². The molecule has 2 aromatic carbocycles. The van der Waals surface area contributed by atoms with Crippen LogP contribution in [0.5, 0.6) is 5.75 Å². The van der Waals surface area contributed by atoms with Crippen molar-refractivity contribution in [1.82, 2.24) is 14.7 Å². The van der Waals surface area contributed by atoms with E-state index >= 15 is 0 Å². The van der Waals surface area contributed by atoms with Crippen LogP contribution >= 0.6 is 0 Å². The Kier molecular flexibility index (Phi) is 7.40. The van der Waals surface area contributed by atoms with E-state index in [4.69, 9.17) is 4.74 Å². The Hall–Kier alpha value is -3.61. The minimum absolute atomic E-state index is 0.00112. The van der Waals surface area contributed by atoms with E-state index in [1.165, 1.54) is 5.56 Å². The fourth-order valence-electron chi connectivity index (χ4n) is 4.07. The molecule has 0 unspecified atom stereocenters. The maximum Gasteiger partial charge on any atom is 0.260 e. The number of nitrogens with zero attached hydrogens (tertiary/aromatic N) is 3. The first kappa shape index (κ1) is 22.6. The molecular formula is C26H30N4O3. The second kappa shape index (κ2) is 10.8. The molecule has 33 heavy (non-hydrogen) atoms. The van der Waals surface area contributed by atoms with Gasteiger partial charge in [0, 0.05) is 38.2 Å². The summed E-state index contributed by atoms with van der Waals surface area (Å²) >= 11 is 0. The van der Waals surface area contributed by atoms with Crippen LogP contribution in [-0.2, 0) is 22.6 Å². The molecule has 2 heterocycles. The molecule has 1 fully saturated rings. The standard InChI is InChI=1S/C26H30N4O3/c1-2-30-18-23(17-27-30)28-26(32)21-12-14-29(15-13-21)25(31)19-33-24-11-7-6-10-22(24)16-20-8-4-3-5-9-20/h3-11,17-18,21H,2,12-16,19H2,1H3,(H,28,32). The van der Waals surface area contributed by atoms with Crippen LogP contribution in [0.3, 0.4) is 0 Å². The molecule has 0 bridgehead atoms. The first-order chi connectivity index (χ1) is 16.1. The van der Waals surface area contributed by atoms with Gasteiger partial charge in [-0.3, -0.25) is 14.3 Å². The number of piperidine rings is 1. The Morgan fingerprint density at radius 1 is 1.06 bits per heavy atom. The van der Waals surface area contributed by atoms with Crippen molar-refractivity contribution in [3.05, 3.63) is 78.1 Å². The van der Waals surface area contributed by atoms with Gasteiger partial charge in [0.2, 0.25) is 5.91 Å². The third kappa shape index (κ3) is 6.00. The van der Waals surface area contributed by atoms with E-state index in [9.17, 15) is 9.59 Å². The number of nitrogens with one attached hydrogen (secondary N) is 1. The lowest BCUT2D eigenvalue weighted by molar-refractivity contribution is -0.136. The smallest absolute Gasteiger partial charge is 0.260 e. The molecule has 7 heteroatoms. The third-order valence-electron chi connectivity index (χ3n) is 6.00. The number of rotatable bonds is 8. The fraction of sp³-hybridized carbons (Fsp3) is 0.346. The topological polar surface area (TPSA) is 76.5 Å². The SMILES string of the molecule is CCn1cc(NC(=O)C2CCN(C(=O)COc3ccccc3Cc3ccccc3)CC2)cn1. The Bertz CT molecular complexity index is 1070. The number of likely N-dealkylation sites (tertiary alicyclic amines) is 1. The molecule has 1 N–H and O–H groups in total. The van der Waals surface area contributed by atoms with Crippen molar-refractivity contribution < 1.29 is 14.3 Å². The van der Waals surface area contributed by atoms with E-state index in [0.29, 0.717) is 31.6 Å². The number of ether oxygens (including phenoxy) is 1. The first-order valence-corrected chi connectivity index (χ1v) is 11.5. The summed E-state index contributed by atoms with van der Waals surface area (Å²) in [4.78, 5) is 27.1. The fourth-order valence-corrected chi connectivity index (χ4v) is 4.07. The molecule has 0 saturated carbocycles. The van der Waals surface area contributed by atoms with Gasteiger partial charge in [-0.15, -0.1) is 0 Å². The second-order valence-electron chi connectivity index (χ2n) is 8.29. The van der Waals surface area contributed by atoms with Gasteiger partial charge in [-0.2, -0.15) is 5.10 Å². The molecule has 1 aliphatic heterocycles. The molecule has 7 nitrogen and oxygen atoms in total. The molecule has 1 aromatic heterocycles. The normalized spacial score (nSPS) is 14.2. The third-order valence-corrected chi connectivity index (χ3v) is 6.00. The average Bonchev–Trinajstić information content (AvgIpc) is 3.31. The number of carbonyl (C=O) groups is 2. The van der Waals surface area contributed by atoms with E-state index < -0.39 is 0 Å². The van der Waals surface area contributed by atoms with E-state index in [2.05, 4.69) is 22.5 Å². The van der Waals surface area contributed by atoms with Crippen molar-refractivity contribution in [3.63, 3.8) is 0 Å². The van der Waals surface area contributed by atoms with Gasteiger partial charge in [0.15, 0.2) is 6.61 Å². The van der Waals surface area contributed by atoms with Crippen LogP contribution in [-0.4, -0.2) is 46.2 Å². The molecule has 3 aromatic rings. The number of hydrogen-bond acceptors (Lipinski definition) is 4. The van der Waals surface area contributed by atoms with Crippen LogP contribution in [0.15, 0.2) is 67.0 Å². The van der Waals surface area contributed by atoms with Gasteiger partial charge in [0.1, 0.15) is 5.75 Å². The largest absolute Gasteiger partial charge is 0.483 e. The molecular weight excluding hydrogens is 416 g/mol. The molecule has 1 saturated heterocycles. The lowest BCUT2D eigenvalue weighted by Crippen LogP contribution is -2.43. The first-order valence-electron chi connectivity index (χ1n) is 11.5. The van der Waals surface area contributed by atoms with E-state index in [-0.39, 0.29) is 24.3 Å². The Morgan fingerprint density at radius 3 is 2.52 bits per heavy atom. The summed E-state index contributed by atoms with van der Waals surface area (Å²) in [6, 6.07) is 18.0. The van der Waals surface area contributed by atoms with Crippen LogP contribution in [0.25, 0.3) is 0 Å². The zero-order valence-corrected chi connectivity index (χ0v) is 18.9. The van der Waals surface area contributed by atoms with Crippen molar-refractivity contribution >= 4 is 17.5 Å². The van der Waals surface area contributed by atoms with Crippen molar-refractivity contribution in [3.8, 4) is 5.75 Å². The molecule has 0 spiro atoms. The van der Waals surface area contributed by atoms with Crippen LogP contribution in [0.2, 0.25) is 0 Å². The highest BCUT2D eigenvalue weighted by Crippen LogP contribution is 2.23. The molecule has 1 aliphatic rings. The summed E-state index contributed by atoms with van der Waals surface area (Å²) in [5.41, 5.74) is 2.96. The number of anilines is 1. The number of hydrogen-bond donors (Lipinski definition) is 1. The van der Waals surface area contributed by atoms with Crippen LogP contribution in [0.4, 0.5) is 5.69 Å². The zero-order chi connectivity index (χ0) is 23.0. The van der Waals surface area contributed by atoms with Crippen molar-refractivity contribution in [1.29, 1.82) is 0 Å². The second-order valence-corrected chi connectivity index (χ2v) is 8.29. The number of carbonyl (C=O) groups excluding carboxylic acids is 2. The molecule has 0 aliphatic carbocycles. The minimum atomic E-state index is -0.105. The molecule has 2 amide bonds. The average molecular weight is 447 g/mol. The Balaban J connectivity index is 1.25. The zero-order valence-electron chi connectivity index (χ0n) is 18.9. The van der Waals surface area contributed by atoms with Gasteiger partial charge < -0.3 is 15.0 Å². The molecule has 4 rings (SSSR count). The Labute approximate surface area is 194 Å². The van der Waals surface area contributed by atoms with E-state index in [1.54, 1.807) is 15.8 Å². The summed E-state index contributed by atoms with van der Waals surface area (Å²) in [6.45, 7) is 3.87. The van der Waals surface area contributed by atoms with Crippen molar-refractivity contribution in [2.24, 2.45) is 5.92 Å². The quantitative estimate of drug-likeness (QED) is 0.572. The van der Waals surface area contributed by atoms with Gasteiger partial charge in [0.25, 0.3) is 5.91 Å². The van der Waals surface area contributed by atoms with Crippen LogP contribution < -0.4 is 10.1 Å². The van der Waals surface area contributed by atoms with Gasteiger partial charge in [0.05, 0.1) is 11.9 Å². The highest BCUT2D eigenvalue weighted by atomic mass is 16.5. The lowest BCUT2D eigenvalue weighted by Gasteiger charge is -2.31. The molecule has 172 valence electrons. The Morgan fingerprint density at radius 2 is 1.79 bits per heavy atom. The molecule has 0 atom stereocenters. The lowest BCUT2D eigenvalue weighted by atomic mass is 9.96. The summed E-state index contributed by atoms with van der Waals surface area (Å²) < 4.78 is 7.68. The van der Waals surface area contributed by atoms with Gasteiger partial charge >= 0.3 is 0 Å². The van der Waals surface area contributed by atoms with Crippen molar-refractivity contribution in [2.45, 2.75) is 32.7 Å². The number of benzene rings is 2. The maximum absolute atomic E-state index is 12.7. The predicted molar refractivity (Wildman–Crippen MR) is 127 cm³/mol. The summed E-state index contributed by atoms with van der Waals surface area (Å²) in [5, 5.41) is 7.11. The highest BCUT2D eigenvalue weighted by molar-refractivity contribution is 5.92. The highest BCUT2D eigenvalue weighted by Gasteiger charge is 2.27. The number of amides is 2. The monoisotopic (exact) mass is 446 g/mol. The van der Waals surface area contributed by atoms with Gasteiger partial charge in [-0.1, -0.05) is 48.5 Å². The van der Waals surface area contributed by atoms with Gasteiger partial charge in [-0.05, 0) is 37.0 Å². The number of aromatic nitrogens is 2. The van der Waals surface area contributed by atoms with E-state index in [0.717, 1.165) is 24.3 Å².